The minimum Gasteiger partial charge on any atom is -0.480 e. The van der Waals surface area contributed by atoms with Crippen LogP contribution in [0.2, 0.25) is 0 Å². The molecule has 0 radical (unpaired) electrons. The van der Waals surface area contributed by atoms with Crippen molar-refractivity contribution in [1.29, 1.82) is 0 Å². The number of hydrogen-bond acceptors (Lipinski definition) is 4. The lowest BCUT2D eigenvalue weighted by Gasteiger charge is -2.25. The average Bonchev–Trinajstić information content (AvgIpc) is 3.05. The van der Waals surface area contributed by atoms with E-state index in [2.05, 4.69) is 15.4 Å². The number of aliphatic carboxylic acids is 1. The van der Waals surface area contributed by atoms with Crippen molar-refractivity contribution in [2.45, 2.75) is 45.1 Å². The summed E-state index contributed by atoms with van der Waals surface area (Å²) < 4.78 is 1.64. The van der Waals surface area contributed by atoms with Crippen LogP contribution in [0.25, 0.3) is 11.0 Å². The zero-order chi connectivity index (χ0) is 16.8. The molecule has 2 N–H and O–H groups in total. The van der Waals surface area contributed by atoms with Crippen LogP contribution in [0.5, 0.6) is 0 Å². The Kier molecular flexibility index (Phi) is 3.58. The molecule has 2 aromatic rings. The minimum absolute atomic E-state index is 0.374. The van der Waals surface area contributed by atoms with E-state index in [1.807, 2.05) is 6.92 Å². The van der Waals surface area contributed by atoms with Crippen LogP contribution in [0.1, 0.15) is 47.4 Å². The van der Waals surface area contributed by atoms with Gasteiger partial charge in [-0.25, -0.2) is 9.78 Å². The Morgan fingerprint density at radius 1 is 1.30 bits per heavy atom. The number of rotatable bonds is 3. The summed E-state index contributed by atoms with van der Waals surface area (Å²) >= 11 is 0. The van der Waals surface area contributed by atoms with Crippen LogP contribution in [-0.4, -0.2) is 37.3 Å². The van der Waals surface area contributed by atoms with Gasteiger partial charge in [0.25, 0.3) is 5.91 Å². The summed E-state index contributed by atoms with van der Waals surface area (Å²) in [7, 11) is 1.78. The highest BCUT2D eigenvalue weighted by Gasteiger charge is 2.43. The van der Waals surface area contributed by atoms with Gasteiger partial charge in [0, 0.05) is 12.7 Å². The standard InChI is InChI=1S/C16H20N4O3/c1-9-8-11(12-10(2)19-20(3)13(12)17-9)14(21)18-16(15(22)23)6-4-5-7-16/h8H,4-7H2,1-3H3,(H,18,21)(H,22,23). The predicted molar refractivity (Wildman–Crippen MR) is 84.3 cm³/mol. The first-order valence-corrected chi connectivity index (χ1v) is 7.71. The molecule has 23 heavy (non-hydrogen) atoms. The van der Waals surface area contributed by atoms with Crippen molar-refractivity contribution < 1.29 is 14.7 Å². The average molecular weight is 316 g/mol. The van der Waals surface area contributed by atoms with Crippen molar-refractivity contribution in [3.63, 3.8) is 0 Å². The minimum atomic E-state index is -1.16. The van der Waals surface area contributed by atoms with Crippen molar-refractivity contribution in [1.82, 2.24) is 20.1 Å². The van der Waals surface area contributed by atoms with Crippen LogP contribution < -0.4 is 5.32 Å². The topological polar surface area (TPSA) is 97.1 Å². The van der Waals surface area contributed by atoms with Gasteiger partial charge in [0.15, 0.2) is 5.65 Å². The second kappa shape index (κ2) is 5.33. The molecular formula is C16H20N4O3. The highest BCUT2D eigenvalue weighted by atomic mass is 16.4. The number of carboxylic acids is 1. The summed E-state index contributed by atoms with van der Waals surface area (Å²) in [5, 5.41) is 17.3. The van der Waals surface area contributed by atoms with Crippen molar-refractivity contribution in [2.24, 2.45) is 7.05 Å². The van der Waals surface area contributed by atoms with Crippen molar-refractivity contribution in [3.05, 3.63) is 23.0 Å². The number of carbonyl (C=O) groups excluding carboxylic acids is 1. The van der Waals surface area contributed by atoms with Gasteiger partial charge in [-0.15, -0.1) is 0 Å². The molecule has 1 aliphatic carbocycles. The van der Waals surface area contributed by atoms with Gasteiger partial charge in [0.2, 0.25) is 0 Å². The van der Waals surface area contributed by atoms with Gasteiger partial charge in [0.1, 0.15) is 5.54 Å². The first-order valence-electron chi connectivity index (χ1n) is 7.71. The lowest BCUT2D eigenvalue weighted by molar-refractivity contribution is -0.144. The Labute approximate surface area is 133 Å². The van der Waals surface area contributed by atoms with Crippen LogP contribution in [0.15, 0.2) is 6.07 Å². The van der Waals surface area contributed by atoms with Gasteiger partial charge >= 0.3 is 5.97 Å². The van der Waals surface area contributed by atoms with Crippen LogP contribution in [0.4, 0.5) is 0 Å². The number of carboxylic acid groups (broad SMARTS) is 1. The number of pyridine rings is 1. The fourth-order valence-electron chi connectivity index (χ4n) is 3.40. The number of nitrogens with one attached hydrogen (secondary N) is 1. The molecule has 0 bridgehead atoms. The molecule has 1 aliphatic rings. The smallest absolute Gasteiger partial charge is 0.329 e. The highest BCUT2D eigenvalue weighted by Crippen LogP contribution is 2.31. The first kappa shape index (κ1) is 15.5. The first-order chi connectivity index (χ1) is 10.8. The maximum Gasteiger partial charge on any atom is 0.329 e. The molecular weight excluding hydrogens is 296 g/mol. The Balaban J connectivity index is 2.06. The quantitative estimate of drug-likeness (QED) is 0.898. The second-order valence-corrected chi connectivity index (χ2v) is 6.27. The molecule has 1 saturated carbocycles. The van der Waals surface area contributed by atoms with Gasteiger partial charge in [-0.05, 0) is 32.8 Å². The molecule has 0 unspecified atom stereocenters. The zero-order valence-corrected chi connectivity index (χ0v) is 13.5. The monoisotopic (exact) mass is 316 g/mol. The number of amides is 1. The Hall–Kier alpha value is -2.44. The normalized spacial score (nSPS) is 16.7. The van der Waals surface area contributed by atoms with E-state index in [0.717, 1.165) is 12.8 Å². The Morgan fingerprint density at radius 2 is 1.96 bits per heavy atom. The predicted octanol–water partition coefficient (Wildman–Crippen LogP) is 1.71. The second-order valence-electron chi connectivity index (χ2n) is 6.27. The van der Waals surface area contributed by atoms with E-state index in [0.29, 0.717) is 40.8 Å². The molecule has 7 heteroatoms. The molecule has 0 saturated heterocycles. The Morgan fingerprint density at radius 3 is 2.57 bits per heavy atom. The Bertz CT molecular complexity index is 803. The number of carbonyl (C=O) groups is 2. The molecule has 0 aliphatic heterocycles. The number of aromatic nitrogens is 3. The van der Waals surface area contributed by atoms with Gasteiger partial charge in [-0.3, -0.25) is 9.48 Å². The molecule has 1 amide bonds. The summed E-state index contributed by atoms with van der Waals surface area (Å²) in [4.78, 5) is 28.9. The molecule has 0 spiro atoms. The number of nitrogens with zero attached hydrogens (tertiary/aromatic N) is 3. The molecule has 0 aromatic carbocycles. The highest BCUT2D eigenvalue weighted by molar-refractivity contribution is 6.08. The fraction of sp³-hybridized carbons (Fsp3) is 0.500. The van der Waals surface area contributed by atoms with E-state index in [4.69, 9.17) is 0 Å². The maximum atomic E-state index is 12.8. The van der Waals surface area contributed by atoms with E-state index in [1.54, 1.807) is 24.7 Å². The van der Waals surface area contributed by atoms with Crippen LogP contribution in [-0.2, 0) is 11.8 Å². The fourth-order valence-corrected chi connectivity index (χ4v) is 3.40. The molecule has 2 heterocycles. The van der Waals surface area contributed by atoms with Gasteiger partial charge in [-0.2, -0.15) is 5.10 Å². The van der Waals surface area contributed by atoms with Crippen LogP contribution in [0.3, 0.4) is 0 Å². The maximum absolute atomic E-state index is 12.8. The largest absolute Gasteiger partial charge is 0.480 e. The van der Waals surface area contributed by atoms with Gasteiger partial charge in [0.05, 0.1) is 16.6 Å². The summed E-state index contributed by atoms with van der Waals surface area (Å²) in [6.07, 6.45) is 2.55. The van der Waals surface area contributed by atoms with Crippen LogP contribution in [0, 0.1) is 13.8 Å². The van der Waals surface area contributed by atoms with E-state index in [9.17, 15) is 14.7 Å². The number of aryl methyl sites for hydroxylation is 3. The third kappa shape index (κ3) is 2.46. The molecule has 2 aromatic heterocycles. The molecule has 0 atom stereocenters. The number of fused-ring (bicyclic) bond motifs is 1. The molecule has 1 fully saturated rings. The lowest BCUT2D eigenvalue weighted by atomic mass is 9.96. The number of hydrogen-bond donors (Lipinski definition) is 2. The summed E-state index contributed by atoms with van der Waals surface area (Å²) in [6.45, 7) is 3.62. The zero-order valence-electron chi connectivity index (χ0n) is 13.5. The third-order valence-corrected chi connectivity index (χ3v) is 4.56. The van der Waals surface area contributed by atoms with E-state index >= 15 is 0 Å². The summed E-state index contributed by atoms with van der Waals surface area (Å²) in [6, 6.07) is 1.69. The van der Waals surface area contributed by atoms with E-state index in [1.165, 1.54) is 0 Å². The van der Waals surface area contributed by atoms with Crippen molar-refractivity contribution >= 4 is 22.9 Å². The molecule has 7 nitrogen and oxygen atoms in total. The molecule has 3 rings (SSSR count). The van der Waals surface area contributed by atoms with Crippen molar-refractivity contribution in [2.75, 3.05) is 0 Å². The van der Waals surface area contributed by atoms with E-state index in [-0.39, 0.29) is 5.91 Å². The lowest BCUT2D eigenvalue weighted by Crippen LogP contribution is -2.52. The van der Waals surface area contributed by atoms with Crippen LogP contribution >= 0.6 is 0 Å². The molecule has 122 valence electrons. The third-order valence-electron chi connectivity index (χ3n) is 4.56. The van der Waals surface area contributed by atoms with Gasteiger partial charge in [-0.1, -0.05) is 12.8 Å². The van der Waals surface area contributed by atoms with Crippen molar-refractivity contribution in [3.8, 4) is 0 Å². The SMILES string of the molecule is Cc1cc(C(=O)NC2(C(=O)O)CCCC2)c2c(C)nn(C)c2n1. The summed E-state index contributed by atoms with van der Waals surface area (Å²) in [5.74, 6) is -1.34. The summed E-state index contributed by atoms with van der Waals surface area (Å²) in [5.41, 5.74) is 1.31. The van der Waals surface area contributed by atoms with E-state index < -0.39 is 11.5 Å². The van der Waals surface area contributed by atoms with Gasteiger partial charge < -0.3 is 10.4 Å².